The van der Waals surface area contributed by atoms with Crippen molar-refractivity contribution in [1.29, 1.82) is 0 Å². The quantitative estimate of drug-likeness (QED) is 0.556. The van der Waals surface area contributed by atoms with E-state index in [1.807, 2.05) is 31.2 Å². The molecule has 0 saturated heterocycles. The van der Waals surface area contributed by atoms with E-state index in [-0.39, 0.29) is 11.6 Å². The van der Waals surface area contributed by atoms with Gasteiger partial charge in [0, 0.05) is 24.2 Å². The topological polar surface area (TPSA) is 64.0 Å². The molecule has 1 heterocycles. The van der Waals surface area contributed by atoms with Gasteiger partial charge < -0.3 is 20.0 Å². The fourth-order valence-electron chi connectivity index (χ4n) is 4.37. The first kappa shape index (κ1) is 25.7. The van der Waals surface area contributed by atoms with E-state index in [0.29, 0.717) is 35.5 Å². The van der Waals surface area contributed by atoms with Gasteiger partial charge in [0.2, 0.25) is 0 Å². The van der Waals surface area contributed by atoms with Crippen LogP contribution < -0.4 is 4.90 Å². The Balaban J connectivity index is 2.21. The maximum atomic E-state index is 13.9. The number of hydrogen-bond acceptors (Lipinski definition) is 4. The van der Waals surface area contributed by atoms with Crippen LogP contribution in [0.25, 0.3) is 12.2 Å². The molecule has 1 aliphatic heterocycles. The Morgan fingerprint density at radius 1 is 1.21 bits per heavy atom. The third-order valence-corrected chi connectivity index (χ3v) is 6.49. The first-order valence-corrected chi connectivity index (χ1v) is 11.8. The van der Waals surface area contributed by atoms with Crippen molar-refractivity contribution in [3.05, 3.63) is 75.8 Å². The molecule has 0 bridgehead atoms. The van der Waals surface area contributed by atoms with Crippen LogP contribution in [0.4, 0.5) is 5.69 Å². The van der Waals surface area contributed by atoms with Crippen molar-refractivity contribution < 1.29 is 15.0 Å². The average Bonchev–Trinajstić information content (AvgIpc) is 3.06. The van der Waals surface area contributed by atoms with Gasteiger partial charge in [0.15, 0.2) is 5.60 Å². The van der Waals surface area contributed by atoms with Crippen molar-refractivity contribution in [3.63, 3.8) is 0 Å². The molecule has 1 amide bonds. The Morgan fingerprint density at radius 3 is 2.56 bits per heavy atom. The third kappa shape index (κ3) is 4.68. The van der Waals surface area contributed by atoms with E-state index in [1.54, 1.807) is 29.2 Å². The second-order valence-electron chi connectivity index (χ2n) is 8.05. The molecule has 2 aromatic carbocycles. The van der Waals surface area contributed by atoms with Crippen molar-refractivity contribution in [1.82, 2.24) is 4.90 Å². The Kier molecular flexibility index (Phi) is 8.35. The maximum Gasteiger partial charge on any atom is 0.268 e. The van der Waals surface area contributed by atoms with Gasteiger partial charge in [-0.3, -0.25) is 4.79 Å². The molecule has 178 valence electrons. The first-order chi connectivity index (χ1) is 16.3. The van der Waals surface area contributed by atoms with Gasteiger partial charge in [-0.25, -0.2) is 0 Å². The van der Waals surface area contributed by atoms with E-state index in [1.165, 1.54) is 0 Å². The van der Waals surface area contributed by atoms with Gasteiger partial charge in [-0.1, -0.05) is 74.2 Å². The van der Waals surface area contributed by atoms with Gasteiger partial charge in [-0.2, -0.15) is 0 Å². The molecule has 0 spiro atoms. The van der Waals surface area contributed by atoms with Gasteiger partial charge in [0.05, 0.1) is 10.7 Å². The van der Waals surface area contributed by atoms with Gasteiger partial charge in [-0.15, -0.1) is 0 Å². The molecule has 34 heavy (non-hydrogen) atoms. The molecule has 0 radical (unpaired) electrons. The minimum absolute atomic E-state index is 0.251. The van der Waals surface area contributed by atoms with Crippen molar-refractivity contribution in [3.8, 4) is 11.8 Å². The summed E-state index contributed by atoms with van der Waals surface area (Å²) in [5.74, 6) is 5.04. The summed E-state index contributed by atoms with van der Waals surface area (Å²) >= 11 is 6.69. The van der Waals surface area contributed by atoms with Crippen molar-refractivity contribution >= 4 is 35.3 Å². The van der Waals surface area contributed by atoms with E-state index in [2.05, 4.69) is 37.2 Å². The number of amides is 1. The van der Waals surface area contributed by atoms with E-state index < -0.39 is 11.5 Å². The number of fused-ring (bicyclic) bond motifs is 1. The molecule has 2 N–H and O–H groups in total. The highest BCUT2D eigenvalue weighted by Gasteiger charge is 2.52. The number of hydrogen-bond donors (Lipinski definition) is 2. The Morgan fingerprint density at radius 2 is 1.94 bits per heavy atom. The van der Waals surface area contributed by atoms with Crippen LogP contribution in [-0.4, -0.2) is 53.8 Å². The zero-order chi connectivity index (χ0) is 24.9. The summed E-state index contributed by atoms with van der Waals surface area (Å²) < 4.78 is 0. The first-order valence-electron chi connectivity index (χ1n) is 11.5. The lowest BCUT2D eigenvalue weighted by molar-refractivity contribution is -0.132. The Hall–Kier alpha value is -2.88. The fraction of sp³-hybridized carbons (Fsp3) is 0.321. The number of aliphatic hydroxyl groups is 2. The minimum Gasteiger partial charge on any atom is -0.384 e. The standard InChI is InChI=1S/C28H31ClN2O3/c1-5-10-22-19-23(13-12-21(22)6-2)28(34)26-24(29)17-20(11-9-16-32)18-25(26)31(27(28)33)15-14-30(7-3)8-4/h5-6,10,12-13,17-19,32,34H,2,7-8,14-16H2,1,3-4H3/b10-5-. The zero-order valence-electron chi connectivity index (χ0n) is 19.9. The monoisotopic (exact) mass is 478 g/mol. The van der Waals surface area contributed by atoms with Gasteiger partial charge in [0.1, 0.15) is 6.61 Å². The van der Waals surface area contributed by atoms with E-state index >= 15 is 0 Å². The van der Waals surface area contributed by atoms with Crippen LogP contribution in [0.2, 0.25) is 5.02 Å². The highest BCUT2D eigenvalue weighted by Crippen LogP contribution is 2.48. The summed E-state index contributed by atoms with van der Waals surface area (Å²) in [4.78, 5) is 17.7. The van der Waals surface area contributed by atoms with Crippen molar-refractivity contribution in [2.75, 3.05) is 37.7 Å². The number of aliphatic hydroxyl groups excluding tert-OH is 1. The van der Waals surface area contributed by atoms with Crippen LogP contribution >= 0.6 is 11.6 Å². The molecule has 1 aliphatic rings. The summed E-state index contributed by atoms with van der Waals surface area (Å²) in [5, 5.41) is 21.4. The maximum absolute atomic E-state index is 13.9. The Bertz CT molecular complexity index is 1170. The van der Waals surface area contributed by atoms with Crippen LogP contribution in [0.5, 0.6) is 0 Å². The average molecular weight is 479 g/mol. The molecule has 3 rings (SSSR count). The summed E-state index contributed by atoms with van der Waals surface area (Å²) in [6.07, 6.45) is 5.55. The molecule has 6 heteroatoms. The number of nitrogens with zero attached hydrogens (tertiary/aromatic N) is 2. The Labute approximate surface area is 207 Å². The van der Waals surface area contributed by atoms with Gasteiger partial charge in [-0.05, 0) is 54.9 Å². The predicted molar refractivity (Wildman–Crippen MR) is 140 cm³/mol. The summed E-state index contributed by atoms with van der Waals surface area (Å²) in [7, 11) is 0. The molecule has 5 nitrogen and oxygen atoms in total. The molecule has 0 aliphatic carbocycles. The van der Waals surface area contributed by atoms with Gasteiger partial charge >= 0.3 is 0 Å². The molecule has 0 aromatic heterocycles. The lowest BCUT2D eigenvalue weighted by Gasteiger charge is -2.26. The lowest BCUT2D eigenvalue weighted by Crippen LogP contribution is -2.44. The van der Waals surface area contributed by atoms with E-state index in [9.17, 15) is 9.90 Å². The molecular formula is C28H31ClN2O3. The van der Waals surface area contributed by atoms with E-state index in [4.69, 9.17) is 16.7 Å². The highest BCUT2D eigenvalue weighted by molar-refractivity contribution is 6.33. The number of anilines is 1. The van der Waals surface area contributed by atoms with Crippen LogP contribution in [0, 0.1) is 11.8 Å². The number of likely N-dealkylation sites (N-methyl/N-ethyl adjacent to an activating group) is 1. The number of halogens is 1. The summed E-state index contributed by atoms with van der Waals surface area (Å²) in [6, 6.07) is 8.78. The number of rotatable bonds is 8. The van der Waals surface area contributed by atoms with Crippen molar-refractivity contribution in [2.24, 2.45) is 0 Å². The molecule has 2 aromatic rings. The zero-order valence-corrected chi connectivity index (χ0v) is 20.7. The fourth-order valence-corrected chi connectivity index (χ4v) is 4.72. The molecule has 0 fully saturated rings. The van der Waals surface area contributed by atoms with Crippen LogP contribution in [0.15, 0.2) is 43.0 Å². The summed E-state index contributed by atoms with van der Waals surface area (Å²) in [5.41, 5.74) is 1.71. The third-order valence-electron chi connectivity index (χ3n) is 6.19. The number of carbonyl (C=O) groups is 1. The largest absolute Gasteiger partial charge is 0.384 e. The number of benzene rings is 2. The molecule has 1 unspecified atom stereocenters. The smallest absolute Gasteiger partial charge is 0.268 e. The lowest BCUT2D eigenvalue weighted by atomic mass is 9.85. The summed E-state index contributed by atoms with van der Waals surface area (Å²) in [6.45, 7) is 12.4. The van der Waals surface area contributed by atoms with Crippen molar-refractivity contribution in [2.45, 2.75) is 26.4 Å². The molecule has 1 atom stereocenters. The van der Waals surface area contributed by atoms with Gasteiger partial charge in [0.25, 0.3) is 5.91 Å². The number of allylic oxidation sites excluding steroid dienone is 1. The number of carbonyl (C=O) groups excluding carboxylic acids is 1. The molecular weight excluding hydrogens is 448 g/mol. The van der Waals surface area contributed by atoms with E-state index in [0.717, 1.165) is 24.2 Å². The van der Waals surface area contributed by atoms with Crippen LogP contribution in [-0.2, 0) is 10.4 Å². The second-order valence-corrected chi connectivity index (χ2v) is 8.46. The SMILES string of the molecule is C=Cc1ccc(C2(O)C(=O)N(CCN(CC)CC)c3cc(C#CCO)cc(Cl)c32)cc1/C=C\C. The highest BCUT2D eigenvalue weighted by atomic mass is 35.5. The second kappa shape index (κ2) is 11.0. The predicted octanol–water partition coefficient (Wildman–Crippen LogP) is 4.28. The normalized spacial score (nSPS) is 17.3. The van der Waals surface area contributed by atoms with Crippen LogP contribution in [0.3, 0.4) is 0 Å². The minimum atomic E-state index is -1.94. The van der Waals surface area contributed by atoms with Crippen LogP contribution in [0.1, 0.15) is 48.6 Å². The molecule has 0 saturated carbocycles.